The highest BCUT2D eigenvalue weighted by atomic mass is 16.6. The van der Waals surface area contributed by atoms with Gasteiger partial charge in [-0.2, -0.15) is 0 Å². The van der Waals surface area contributed by atoms with E-state index in [4.69, 9.17) is 14.2 Å². The molecule has 0 N–H and O–H groups in total. The molecule has 0 radical (unpaired) electrons. The lowest BCUT2D eigenvalue weighted by atomic mass is 10.1. The molecule has 0 unspecified atom stereocenters. The molecule has 0 bridgehead atoms. The Bertz CT molecular complexity index is 1480. The zero-order valence-corrected chi connectivity index (χ0v) is 18.8. The molecule has 0 spiro atoms. The van der Waals surface area contributed by atoms with Crippen molar-refractivity contribution in [2.75, 3.05) is 0 Å². The summed E-state index contributed by atoms with van der Waals surface area (Å²) in [5, 5.41) is 0. The van der Waals surface area contributed by atoms with Crippen molar-refractivity contribution in [1.29, 1.82) is 0 Å². The quantitative estimate of drug-likeness (QED) is 0.246. The molecule has 2 aliphatic rings. The van der Waals surface area contributed by atoms with E-state index >= 15 is 0 Å². The van der Waals surface area contributed by atoms with Gasteiger partial charge in [-0.25, -0.2) is 19.2 Å². The molecular weight excluding hydrogens is 480 g/mol. The van der Waals surface area contributed by atoms with Gasteiger partial charge >= 0.3 is 23.9 Å². The molecule has 0 fully saturated rings. The van der Waals surface area contributed by atoms with E-state index in [1.165, 1.54) is 24.3 Å². The highest BCUT2D eigenvalue weighted by Gasteiger charge is 2.30. The number of esters is 4. The van der Waals surface area contributed by atoms with Crippen molar-refractivity contribution in [3.05, 3.63) is 107 Å². The van der Waals surface area contributed by atoms with Crippen LogP contribution in [-0.4, -0.2) is 23.9 Å². The van der Waals surface area contributed by atoms with E-state index in [1.807, 2.05) is 0 Å². The molecule has 4 aromatic carbocycles. The van der Waals surface area contributed by atoms with Crippen LogP contribution in [0.3, 0.4) is 0 Å². The molecule has 2 heterocycles. The highest BCUT2D eigenvalue weighted by Crippen LogP contribution is 2.32. The minimum atomic E-state index is -0.695. The smallest absolute Gasteiger partial charge is 0.347 e. The van der Waals surface area contributed by atoms with Crippen LogP contribution in [0, 0.1) is 0 Å². The minimum absolute atomic E-state index is 0.170. The molecule has 0 saturated carbocycles. The van der Waals surface area contributed by atoms with Crippen LogP contribution in [0.25, 0.3) is 0 Å². The van der Waals surface area contributed by atoms with Crippen LogP contribution in [-0.2, 0) is 9.47 Å². The second-order valence-corrected chi connectivity index (χ2v) is 8.02. The third-order valence-electron chi connectivity index (χ3n) is 5.59. The number of hydrogen-bond donors (Lipinski definition) is 0. The van der Waals surface area contributed by atoms with Crippen molar-refractivity contribution >= 4 is 23.9 Å². The predicted molar refractivity (Wildman–Crippen MR) is 125 cm³/mol. The standard InChI is InChI=1S/C28H14O9/c29-25-21-11-9-19(13-23(21)27(31)36-25)34-17-5-1-15(2-6-17)33-16-3-7-18(8-4-16)35-20-10-12-22-24(14-20)28(32)37-26(22)30/h1-14H. The number of hydrogen-bond acceptors (Lipinski definition) is 9. The van der Waals surface area contributed by atoms with Crippen molar-refractivity contribution in [3.8, 4) is 34.5 Å². The molecular formula is C28H14O9. The Hall–Kier alpha value is -5.44. The van der Waals surface area contributed by atoms with Gasteiger partial charge < -0.3 is 23.7 Å². The normalized spacial score (nSPS) is 13.5. The zero-order valence-electron chi connectivity index (χ0n) is 18.8. The first kappa shape index (κ1) is 22.1. The summed E-state index contributed by atoms with van der Waals surface area (Å²) in [6.45, 7) is 0. The maximum absolute atomic E-state index is 11.7. The summed E-state index contributed by atoms with van der Waals surface area (Å²) in [6.07, 6.45) is 0. The monoisotopic (exact) mass is 494 g/mol. The van der Waals surface area contributed by atoms with E-state index in [0.29, 0.717) is 34.5 Å². The molecule has 9 nitrogen and oxygen atoms in total. The maximum atomic E-state index is 11.7. The summed E-state index contributed by atoms with van der Waals surface area (Å²) in [7, 11) is 0. The number of carbonyl (C=O) groups excluding carboxylic acids is 4. The highest BCUT2D eigenvalue weighted by molar-refractivity contribution is 6.15. The Morgan fingerprint density at radius 3 is 0.973 bits per heavy atom. The summed E-state index contributed by atoms with van der Waals surface area (Å²) in [4.78, 5) is 46.6. The van der Waals surface area contributed by atoms with Crippen molar-refractivity contribution in [1.82, 2.24) is 0 Å². The average Bonchev–Trinajstić information content (AvgIpc) is 3.34. The fourth-order valence-corrected chi connectivity index (χ4v) is 3.82. The van der Waals surface area contributed by atoms with Gasteiger partial charge in [0, 0.05) is 0 Å². The van der Waals surface area contributed by atoms with Gasteiger partial charge in [-0.05, 0) is 84.9 Å². The predicted octanol–water partition coefficient (Wildman–Crippen LogP) is 5.68. The van der Waals surface area contributed by atoms with Crippen LogP contribution >= 0.6 is 0 Å². The summed E-state index contributed by atoms with van der Waals surface area (Å²) in [5.74, 6) is 0.195. The molecule has 4 aromatic rings. The van der Waals surface area contributed by atoms with E-state index < -0.39 is 23.9 Å². The van der Waals surface area contributed by atoms with Crippen molar-refractivity contribution in [2.45, 2.75) is 0 Å². The van der Waals surface area contributed by atoms with E-state index in [2.05, 4.69) is 9.47 Å². The van der Waals surface area contributed by atoms with E-state index in [-0.39, 0.29) is 22.3 Å². The summed E-state index contributed by atoms with van der Waals surface area (Å²) < 4.78 is 26.6. The lowest BCUT2D eigenvalue weighted by Crippen LogP contribution is -1.96. The van der Waals surface area contributed by atoms with Crippen molar-refractivity contribution in [2.24, 2.45) is 0 Å². The van der Waals surface area contributed by atoms with Gasteiger partial charge in [-0.15, -0.1) is 0 Å². The third-order valence-corrected chi connectivity index (χ3v) is 5.59. The Morgan fingerprint density at radius 1 is 0.351 bits per heavy atom. The lowest BCUT2D eigenvalue weighted by Gasteiger charge is -2.10. The summed E-state index contributed by atoms with van der Waals surface area (Å²) in [5.41, 5.74) is 0.768. The first-order valence-electron chi connectivity index (χ1n) is 11.0. The number of benzene rings is 4. The number of cyclic esters (lactones) is 4. The maximum Gasteiger partial charge on any atom is 0.347 e. The largest absolute Gasteiger partial charge is 0.457 e. The molecule has 180 valence electrons. The first-order valence-corrected chi connectivity index (χ1v) is 11.0. The molecule has 0 aromatic heterocycles. The van der Waals surface area contributed by atoms with Gasteiger partial charge in [0.15, 0.2) is 0 Å². The number of fused-ring (bicyclic) bond motifs is 2. The fourth-order valence-electron chi connectivity index (χ4n) is 3.82. The number of carbonyl (C=O) groups is 4. The summed E-state index contributed by atoms with van der Waals surface area (Å²) >= 11 is 0. The average molecular weight is 494 g/mol. The number of rotatable bonds is 6. The molecule has 9 heteroatoms. The van der Waals surface area contributed by atoms with Gasteiger partial charge in [0.05, 0.1) is 22.3 Å². The van der Waals surface area contributed by atoms with Crippen LogP contribution in [0.2, 0.25) is 0 Å². The summed E-state index contributed by atoms with van der Waals surface area (Å²) in [6, 6.07) is 22.7. The van der Waals surface area contributed by atoms with Gasteiger partial charge in [0.1, 0.15) is 34.5 Å². The van der Waals surface area contributed by atoms with Crippen LogP contribution in [0.1, 0.15) is 41.4 Å². The van der Waals surface area contributed by atoms with Gasteiger partial charge in [0.25, 0.3) is 0 Å². The van der Waals surface area contributed by atoms with E-state index in [9.17, 15) is 19.2 Å². The molecule has 0 amide bonds. The number of ether oxygens (including phenoxy) is 5. The van der Waals surface area contributed by atoms with E-state index in [0.717, 1.165) is 0 Å². The van der Waals surface area contributed by atoms with Crippen LogP contribution in [0.15, 0.2) is 84.9 Å². The first-order chi connectivity index (χ1) is 17.9. The Kier molecular flexibility index (Phi) is 5.16. The topological polar surface area (TPSA) is 114 Å². The van der Waals surface area contributed by atoms with Gasteiger partial charge in [0.2, 0.25) is 0 Å². The van der Waals surface area contributed by atoms with Crippen molar-refractivity contribution < 1.29 is 42.9 Å². The molecule has 0 saturated heterocycles. The Labute approximate surface area is 208 Å². The molecule has 2 aliphatic heterocycles. The second-order valence-electron chi connectivity index (χ2n) is 8.02. The van der Waals surface area contributed by atoms with Crippen molar-refractivity contribution in [3.63, 3.8) is 0 Å². The van der Waals surface area contributed by atoms with Crippen LogP contribution in [0.5, 0.6) is 34.5 Å². The molecule has 6 rings (SSSR count). The molecule has 0 aliphatic carbocycles. The molecule has 37 heavy (non-hydrogen) atoms. The fraction of sp³-hybridized carbons (Fsp3) is 0. The second kappa shape index (κ2) is 8.65. The zero-order chi connectivity index (χ0) is 25.5. The Balaban J connectivity index is 1.09. The van der Waals surface area contributed by atoms with Gasteiger partial charge in [-0.3, -0.25) is 0 Å². The van der Waals surface area contributed by atoms with Gasteiger partial charge in [-0.1, -0.05) is 0 Å². The third kappa shape index (κ3) is 4.25. The van der Waals surface area contributed by atoms with E-state index in [1.54, 1.807) is 60.7 Å². The Morgan fingerprint density at radius 2 is 0.622 bits per heavy atom. The van der Waals surface area contributed by atoms with Crippen LogP contribution in [0.4, 0.5) is 0 Å². The van der Waals surface area contributed by atoms with Crippen LogP contribution < -0.4 is 14.2 Å². The lowest BCUT2D eigenvalue weighted by molar-refractivity contribution is 0.0425. The minimum Gasteiger partial charge on any atom is -0.457 e. The SMILES string of the molecule is O=C1OC(=O)c2cc(Oc3ccc(Oc4ccc(Oc5ccc6c(c5)C(=O)OC6=O)cc4)cc3)ccc21. The molecule has 0 atom stereocenters.